The van der Waals surface area contributed by atoms with Crippen molar-refractivity contribution >= 4 is 33.5 Å². The molecule has 1 aromatic carbocycles. The summed E-state index contributed by atoms with van der Waals surface area (Å²) in [4.78, 5) is 12.2. The lowest BCUT2D eigenvalue weighted by Crippen LogP contribution is -2.34. The molecule has 0 radical (unpaired) electrons. The highest BCUT2D eigenvalue weighted by Gasteiger charge is 2.26. The second kappa shape index (κ2) is 4.84. The molecule has 0 aliphatic carbocycles. The van der Waals surface area contributed by atoms with Crippen LogP contribution < -0.4 is 5.43 Å². The quantitative estimate of drug-likeness (QED) is 0.815. The number of rotatable bonds is 2. The number of hydrogen-bond donors (Lipinski definition) is 1. The zero-order valence-corrected chi connectivity index (χ0v) is 12.1. The third-order valence-corrected chi connectivity index (χ3v) is 4.45. The summed E-state index contributed by atoms with van der Waals surface area (Å²) in [6.07, 6.45) is 0. The van der Waals surface area contributed by atoms with Gasteiger partial charge in [-0.3, -0.25) is 4.79 Å². The first-order chi connectivity index (χ1) is 9.13. The van der Waals surface area contributed by atoms with Gasteiger partial charge in [-0.2, -0.15) is 0 Å². The topological polar surface area (TPSA) is 51.5 Å². The van der Waals surface area contributed by atoms with Crippen LogP contribution >= 0.6 is 22.6 Å². The van der Waals surface area contributed by atoms with Gasteiger partial charge in [-0.25, -0.2) is 4.39 Å². The van der Waals surface area contributed by atoms with Crippen molar-refractivity contribution in [2.24, 2.45) is 0 Å². The molecular formula is C13H11FINO3. The Balaban J connectivity index is 2.42. The van der Waals surface area contributed by atoms with Crippen LogP contribution in [0.1, 0.15) is 11.7 Å². The van der Waals surface area contributed by atoms with Crippen molar-refractivity contribution in [3.8, 4) is 0 Å². The molecule has 1 fully saturated rings. The Labute approximate surface area is 121 Å². The van der Waals surface area contributed by atoms with Crippen LogP contribution in [-0.4, -0.2) is 22.9 Å². The van der Waals surface area contributed by atoms with Gasteiger partial charge < -0.3 is 14.4 Å². The molecule has 0 unspecified atom stereocenters. The second-order valence-corrected chi connectivity index (χ2v) is 5.55. The molecule has 1 aliphatic heterocycles. The summed E-state index contributed by atoms with van der Waals surface area (Å²) < 4.78 is 20.8. The predicted molar refractivity (Wildman–Crippen MR) is 76.7 cm³/mol. The number of benzene rings is 1. The molecule has 4 nitrogen and oxygen atoms in total. The molecule has 1 N–H and O–H groups in total. The Bertz CT molecular complexity index is 709. The van der Waals surface area contributed by atoms with Crippen LogP contribution in [0.3, 0.4) is 0 Å². The first-order valence-corrected chi connectivity index (χ1v) is 6.92. The Hall–Kier alpha value is -0.990. The Morgan fingerprint density at radius 1 is 1.47 bits per heavy atom. The maximum Gasteiger partial charge on any atom is 0.203 e. The molecule has 19 heavy (non-hydrogen) atoms. The van der Waals surface area contributed by atoms with Gasteiger partial charge in [0.05, 0.1) is 40.6 Å². The molecule has 2 aromatic rings. The van der Waals surface area contributed by atoms with E-state index < -0.39 is 5.82 Å². The number of aliphatic hydroxyl groups is 1. The van der Waals surface area contributed by atoms with Crippen LogP contribution in [0.5, 0.6) is 0 Å². The van der Waals surface area contributed by atoms with E-state index in [1.807, 2.05) is 27.2 Å². The van der Waals surface area contributed by atoms with Gasteiger partial charge in [-0.05, 0) is 40.8 Å². The number of fused-ring (bicyclic) bond motifs is 1. The minimum Gasteiger partial charge on any atom is -0.390 e. The highest BCUT2D eigenvalue weighted by molar-refractivity contribution is 14.1. The second-order valence-electron chi connectivity index (χ2n) is 4.47. The fourth-order valence-electron chi connectivity index (χ4n) is 2.34. The van der Waals surface area contributed by atoms with Crippen LogP contribution in [0.4, 0.5) is 4.39 Å². The number of aliphatic hydroxyl groups excluding tert-OH is 1. The Morgan fingerprint density at radius 3 is 2.79 bits per heavy atom. The van der Waals surface area contributed by atoms with E-state index in [-0.39, 0.29) is 18.1 Å². The molecule has 1 saturated heterocycles. The summed E-state index contributed by atoms with van der Waals surface area (Å²) in [5.74, 6) is -0.437. The summed E-state index contributed by atoms with van der Waals surface area (Å²) in [5.41, 5.74) is 0.970. The summed E-state index contributed by atoms with van der Waals surface area (Å²) in [5, 5.41) is 9.87. The van der Waals surface area contributed by atoms with Gasteiger partial charge in [0.1, 0.15) is 5.82 Å². The number of nitrogens with zero attached hydrogens (tertiary/aromatic N) is 1. The first kappa shape index (κ1) is 13.0. The zero-order chi connectivity index (χ0) is 13.6. The maximum absolute atomic E-state index is 13.3. The Morgan fingerprint density at radius 2 is 2.21 bits per heavy atom. The third kappa shape index (κ3) is 1.98. The van der Waals surface area contributed by atoms with E-state index in [4.69, 9.17) is 4.74 Å². The highest BCUT2D eigenvalue weighted by Crippen LogP contribution is 2.27. The van der Waals surface area contributed by atoms with Gasteiger partial charge in [-0.1, -0.05) is 0 Å². The average Bonchev–Trinajstić information content (AvgIpc) is 2.34. The van der Waals surface area contributed by atoms with Crippen LogP contribution in [0.2, 0.25) is 0 Å². The molecule has 0 atom stereocenters. The van der Waals surface area contributed by atoms with E-state index in [2.05, 4.69) is 0 Å². The molecule has 1 aliphatic rings. The van der Waals surface area contributed by atoms with E-state index in [1.54, 1.807) is 6.07 Å². The lowest BCUT2D eigenvalue weighted by Gasteiger charge is -2.32. The average molecular weight is 375 g/mol. The normalized spacial score (nSPS) is 15.7. The van der Waals surface area contributed by atoms with E-state index >= 15 is 0 Å². The number of pyridine rings is 1. The molecule has 100 valence electrons. The van der Waals surface area contributed by atoms with Crippen LogP contribution in [-0.2, 0) is 11.3 Å². The largest absolute Gasteiger partial charge is 0.390 e. The molecule has 0 spiro atoms. The highest BCUT2D eigenvalue weighted by atomic mass is 127. The van der Waals surface area contributed by atoms with Crippen LogP contribution in [0.25, 0.3) is 10.9 Å². The molecule has 0 bridgehead atoms. The summed E-state index contributed by atoms with van der Waals surface area (Å²) in [6.45, 7) is 0.855. The van der Waals surface area contributed by atoms with Crippen molar-refractivity contribution in [2.75, 3.05) is 13.2 Å². The fourth-order valence-corrected chi connectivity index (χ4v) is 3.06. The third-order valence-electron chi connectivity index (χ3n) is 3.34. The van der Waals surface area contributed by atoms with Crippen molar-refractivity contribution in [3.63, 3.8) is 0 Å². The monoisotopic (exact) mass is 375 g/mol. The van der Waals surface area contributed by atoms with E-state index in [0.29, 0.717) is 33.4 Å². The van der Waals surface area contributed by atoms with Crippen molar-refractivity contribution in [3.05, 3.63) is 43.5 Å². The van der Waals surface area contributed by atoms with E-state index in [9.17, 15) is 14.3 Å². The number of hydrogen-bond acceptors (Lipinski definition) is 3. The summed E-state index contributed by atoms with van der Waals surface area (Å²) in [7, 11) is 0. The van der Waals surface area contributed by atoms with Crippen molar-refractivity contribution in [1.29, 1.82) is 0 Å². The van der Waals surface area contributed by atoms with Gasteiger partial charge in [0.15, 0.2) is 0 Å². The van der Waals surface area contributed by atoms with Gasteiger partial charge in [-0.15, -0.1) is 0 Å². The minimum atomic E-state index is -0.437. The Kier molecular flexibility index (Phi) is 3.32. The number of aromatic nitrogens is 1. The minimum absolute atomic E-state index is 0.0872. The molecule has 3 rings (SSSR count). The van der Waals surface area contributed by atoms with Crippen molar-refractivity contribution in [1.82, 2.24) is 4.57 Å². The van der Waals surface area contributed by atoms with Crippen LogP contribution in [0, 0.1) is 9.39 Å². The van der Waals surface area contributed by atoms with Gasteiger partial charge in [0.2, 0.25) is 5.43 Å². The predicted octanol–water partition coefficient (Wildman–Crippen LogP) is 1.81. The van der Waals surface area contributed by atoms with E-state index in [0.717, 1.165) is 0 Å². The lowest BCUT2D eigenvalue weighted by molar-refractivity contribution is -0.0238. The molecule has 0 saturated carbocycles. The zero-order valence-electron chi connectivity index (χ0n) is 9.90. The number of halogens is 2. The maximum atomic E-state index is 13.3. The van der Waals surface area contributed by atoms with Gasteiger partial charge in [0, 0.05) is 5.39 Å². The smallest absolute Gasteiger partial charge is 0.203 e. The standard InChI is InChI=1S/C13H11FINO3/c14-7-1-2-10-9(3-7)13(18)12(15)11(4-17)16(10)8-5-19-6-8/h1-3,8,17H,4-6H2. The van der Waals surface area contributed by atoms with Gasteiger partial charge >= 0.3 is 0 Å². The van der Waals surface area contributed by atoms with Crippen molar-refractivity contribution < 1.29 is 14.2 Å². The fraction of sp³-hybridized carbons (Fsp3) is 0.308. The molecular weight excluding hydrogens is 364 g/mol. The summed E-state index contributed by atoms with van der Waals surface area (Å²) >= 11 is 1.91. The summed E-state index contributed by atoms with van der Waals surface area (Å²) in [6, 6.07) is 4.24. The van der Waals surface area contributed by atoms with E-state index in [1.165, 1.54) is 12.1 Å². The lowest BCUT2D eigenvalue weighted by atomic mass is 10.1. The van der Waals surface area contributed by atoms with Crippen molar-refractivity contribution in [2.45, 2.75) is 12.6 Å². The molecule has 1 aromatic heterocycles. The van der Waals surface area contributed by atoms with Crippen LogP contribution in [0.15, 0.2) is 23.0 Å². The molecule has 2 heterocycles. The SMILES string of the molecule is O=c1c(I)c(CO)n(C2COC2)c2ccc(F)cc12. The van der Waals surface area contributed by atoms with Gasteiger partial charge in [0.25, 0.3) is 0 Å². The molecule has 6 heteroatoms. The molecule has 0 amide bonds. The first-order valence-electron chi connectivity index (χ1n) is 5.84. The number of ether oxygens (including phenoxy) is 1.